The van der Waals surface area contributed by atoms with Crippen LogP contribution in [0.5, 0.6) is 0 Å². The minimum Gasteiger partial charge on any atom is -0.357 e. The smallest absolute Gasteiger partial charge is 0.244 e. The van der Waals surface area contributed by atoms with E-state index in [0.29, 0.717) is 5.02 Å². The zero-order valence-electron chi connectivity index (χ0n) is 17.7. The van der Waals surface area contributed by atoms with Gasteiger partial charge in [0.25, 0.3) is 0 Å². The van der Waals surface area contributed by atoms with Crippen molar-refractivity contribution in [3.05, 3.63) is 63.1 Å². The Morgan fingerprint density at radius 2 is 1.77 bits per heavy atom. The lowest BCUT2D eigenvalue weighted by molar-refractivity contribution is -0.139. The molecule has 0 saturated heterocycles. The zero-order chi connectivity index (χ0) is 23.3. The summed E-state index contributed by atoms with van der Waals surface area (Å²) in [5.74, 6) is -0.865. The number of sulfonamides is 1. The molecule has 1 unspecified atom stereocenters. The topological polar surface area (TPSA) is 86.8 Å². The molecule has 0 spiro atoms. The molecule has 0 radical (unpaired) electrons. The monoisotopic (exact) mass is 529 g/mol. The molecule has 31 heavy (non-hydrogen) atoms. The van der Waals surface area contributed by atoms with E-state index in [2.05, 4.69) is 21.2 Å². The molecule has 168 valence electrons. The van der Waals surface area contributed by atoms with Gasteiger partial charge in [0.05, 0.1) is 11.9 Å². The molecule has 2 aromatic carbocycles. The van der Waals surface area contributed by atoms with Crippen molar-refractivity contribution in [2.24, 2.45) is 0 Å². The number of aryl methyl sites for hydroxylation is 1. The second-order valence-corrected chi connectivity index (χ2v) is 10.4. The molecule has 1 N–H and O–H groups in total. The van der Waals surface area contributed by atoms with E-state index in [4.69, 9.17) is 11.6 Å². The van der Waals surface area contributed by atoms with Crippen LogP contribution in [0.1, 0.15) is 18.1 Å². The SMILES string of the molecule is CNC(=O)C(C)N(Cc1ccc(Br)cc1)C(=O)CN(c1ccc(C)c(Cl)c1)S(C)(=O)=O. The highest BCUT2D eigenvalue weighted by molar-refractivity contribution is 9.10. The quantitative estimate of drug-likeness (QED) is 0.567. The van der Waals surface area contributed by atoms with Crippen LogP contribution in [0.15, 0.2) is 46.9 Å². The Labute approximate surface area is 196 Å². The van der Waals surface area contributed by atoms with Gasteiger partial charge in [-0.05, 0) is 49.2 Å². The summed E-state index contributed by atoms with van der Waals surface area (Å²) in [6.45, 7) is 3.08. The van der Waals surface area contributed by atoms with Crippen molar-refractivity contribution in [2.75, 3.05) is 24.2 Å². The summed E-state index contributed by atoms with van der Waals surface area (Å²) in [5, 5.41) is 2.93. The molecule has 2 rings (SSSR count). The maximum absolute atomic E-state index is 13.3. The molecule has 0 saturated carbocycles. The molecule has 0 aliphatic heterocycles. The fourth-order valence-corrected chi connectivity index (χ4v) is 4.21. The van der Waals surface area contributed by atoms with Crippen LogP contribution in [-0.4, -0.2) is 51.0 Å². The minimum absolute atomic E-state index is 0.146. The molecule has 0 aliphatic rings. The molecule has 10 heteroatoms. The third-order valence-corrected chi connectivity index (χ3v) is 6.88. The van der Waals surface area contributed by atoms with E-state index in [9.17, 15) is 18.0 Å². The standard InChI is InChI=1S/C21H25BrClN3O4S/c1-14-5-10-18(11-19(14)23)26(31(4,29)30)13-20(27)25(15(2)21(28)24-3)12-16-6-8-17(22)9-7-16/h5-11,15H,12-13H2,1-4H3,(H,24,28). The van der Waals surface area contributed by atoms with Crippen LogP contribution >= 0.6 is 27.5 Å². The van der Waals surface area contributed by atoms with E-state index in [1.54, 1.807) is 26.0 Å². The van der Waals surface area contributed by atoms with Crippen LogP contribution in [0.3, 0.4) is 0 Å². The fraction of sp³-hybridized carbons (Fsp3) is 0.333. The van der Waals surface area contributed by atoms with Crippen LogP contribution in [0.4, 0.5) is 5.69 Å². The molecule has 0 fully saturated rings. The molecular formula is C21H25BrClN3O4S. The average Bonchev–Trinajstić information content (AvgIpc) is 2.71. The number of benzene rings is 2. The van der Waals surface area contributed by atoms with Crippen LogP contribution in [-0.2, 0) is 26.2 Å². The van der Waals surface area contributed by atoms with Gasteiger partial charge in [-0.2, -0.15) is 0 Å². The van der Waals surface area contributed by atoms with Crippen molar-refractivity contribution in [3.63, 3.8) is 0 Å². The van der Waals surface area contributed by atoms with Crippen molar-refractivity contribution in [1.82, 2.24) is 10.2 Å². The minimum atomic E-state index is -3.79. The Morgan fingerprint density at radius 1 is 1.16 bits per heavy atom. The first-order valence-electron chi connectivity index (χ1n) is 9.43. The first-order valence-corrected chi connectivity index (χ1v) is 12.5. The summed E-state index contributed by atoms with van der Waals surface area (Å²) in [6, 6.07) is 11.3. The Morgan fingerprint density at radius 3 is 2.29 bits per heavy atom. The van der Waals surface area contributed by atoms with Gasteiger partial charge < -0.3 is 10.2 Å². The van der Waals surface area contributed by atoms with Crippen molar-refractivity contribution in [3.8, 4) is 0 Å². The number of halogens is 2. The van der Waals surface area contributed by atoms with Gasteiger partial charge in [-0.25, -0.2) is 8.42 Å². The van der Waals surface area contributed by atoms with Crippen molar-refractivity contribution >= 4 is 55.1 Å². The van der Waals surface area contributed by atoms with Crippen LogP contribution < -0.4 is 9.62 Å². The maximum Gasteiger partial charge on any atom is 0.244 e. The van der Waals surface area contributed by atoms with E-state index in [1.807, 2.05) is 24.3 Å². The Balaban J connectivity index is 2.39. The first kappa shape index (κ1) is 25.2. The number of rotatable bonds is 8. The van der Waals surface area contributed by atoms with Crippen LogP contribution in [0.25, 0.3) is 0 Å². The summed E-state index contributed by atoms with van der Waals surface area (Å²) >= 11 is 9.53. The third-order valence-electron chi connectivity index (χ3n) is 4.80. The predicted molar refractivity (Wildman–Crippen MR) is 127 cm³/mol. The van der Waals surface area contributed by atoms with E-state index in [-0.39, 0.29) is 18.1 Å². The highest BCUT2D eigenvalue weighted by Gasteiger charge is 2.29. The Hall–Kier alpha value is -2.10. The summed E-state index contributed by atoms with van der Waals surface area (Å²) in [4.78, 5) is 26.9. The average molecular weight is 531 g/mol. The van der Waals surface area contributed by atoms with Crippen LogP contribution in [0, 0.1) is 6.92 Å². The summed E-state index contributed by atoms with van der Waals surface area (Å²) in [5.41, 5.74) is 1.87. The molecule has 1 atom stereocenters. The second-order valence-electron chi connectivity index (χ2n) is 7.14. The van der Waals surface area contributed by atoms with Gasteiger partial charge in [0.1, 0.15) is 12.6 Å². The van der Waals surface area contributed by atoms with Gasteiger partial charge in [-0.3, -0.25) is 13.9 Å². The van der Waals surface area contributed by atoms with Crippen molar-refractivity contribution < 1.29 is 18.0 Å². The normalized spacial score (nSPS) is 12.2. The van der Waals surface area contributed by atoms with E-state index < -0.39 is 28.5 Å². The number of nitrogens with one attached hydrogen (secondary N) is 1. The maximum atomic E-state index is 13.3. The number of likely N-dealkylation sites (N-methyl/N-ethyl adjacent to an activating group) is 1. The van der Waals surface area contributed by atoms with E-state index in [0.717, 1.165) is 26.2 Å². The lowest BCUT2D eigenvalue weighted by Crippen LogP contribution is -2.50. The van der Waals surface area contributed by atoms with Gasteiger partial charge >= 0.3 is 0 Å². The van der Waals surface area contributed by atoms with Gasteiger partial charge in [-0.15, -0.1) is 0 Å². The van der Waals surface area contributed by atoms with Crippen molar-refractivity contribution in [2.45, 2.75) is 26.4 Å². The number of nitrogens with zero attached hydrogens (tertiary/aromatic N) is 2. The number of hydrogen-bond acceptors (Lipinski definition) is 4. The van der Waals surface area contributed by atoms with Gasteiger partial charge in [0.2, 0.25) is 21.8 Å². The first-order chi connectivity index (χ1) is 14.4. The Kier molecular flexibility index (Phi) is 8.50. The summed E-state index contributed by atoms with van der Waals surface area (Å²) in [7, 11) is -2.30. The van der Waals surface area contributed by atoms with Gasteiger partial charge in [-0.1, -0.05) is 45.7 Å². The predicted octanol–water partition coefficient (Wildman–Crippen LogP) is 3.34. The van der Waals surface area contributed by atoms with E-state index in [1.165, 1.54) is 18.0 Å². The molecule has 0 aliphatic carbocycles. The molecule has 2 amide bonds. The largest absolute Gasteiger partial charge is 0.357 e. The number of hydrogen-bond donors (Lipinski definition) is 1. The van der Waals surface area contributed by atoms with Gasteiger partial charge in [0.15, 0.2) is 0 Å². The number of carbonyl (C=O) groups excluding carboxylic acids is 2. The second kappa shape index (κ2) is 10.5. The highest BCUT2D eigenvalue weighted by Crippen LogP contribution is 2.25. The highest BCUT2D eigenvalue weighted by atomic mass is 79.9. The fourth-order valence-electron chi connectivity index (χ4n) is 2.93. The molecule has 0 bridgehead atoms. The summed E-state index contributed by atoms with van der Waals surface area (Å²) < 4.78 is 26.8. The Bertz CT molecular complexity index is 1060. The molecule has 2 aromatic rings. The molecular weight excluding hydrogens is 506 g/mol. The molecule has 0 heterocycles. The van der Waals surface area contributed by atoms with Crippen molar-refractivity contribution in [1.29, 1.82) is 0 Å². The number of carbonyl (C=O) groups is 2. The molecule has 0 aromatic heterocycles. The van der Waals surface area contributed by atoms with Gasteiger partial charge in [0, 0.05) is 23.1 Å². The van der Waals surface area contributed by atoms with E-state index >= 15 is 0 Å². The zero-order valence-corrected chi connectivity index (χ0v) is 20.9. The van der Waals surface area contributed by atoms with Crippen LogP contribution in [0.2, 0.25) is 5.02 Å². The number of anilines is 1. The number of amides is 2. The summed E-state index contributed by atoms with van der Waals surface area (Å²) in [6.07, 6.45) is 1.02. The molecule has 7 nitrogen and oxygen atoms in total. The third kappa shape index (κ3) is 6.69. The lowest BCUT2D eigenvalue weighted by atomic mass is 10.1. The lowest BCUT2D eigenvalue weighted by Gasteiger charge is -2.31.